The van der Waals surface area contributed by atoms with Gasteiger partial charge in [0.15, 0.2) is 5.78 Å². The van der Waals surface area contributed by atoms with E-state index < -0.39 is 29.8 Å². The maximum Gasteiger partial charge on any atom is 0.320 e. The Morgan fingerprint density at radius 2 is 1.36 bits per heavy atom. The Morgan fingerprint density at radius 1 is 0.720 bits per heavy atom. The van der Waals surface area contributed by atoms with Crippen molar-refractivity contribution >= 4 is 29.3 Å². The number of rotatable bonds is 18. The molecule has 2 aromatic carbocycles. The largest absolute Gasteiger partial charge is 0.481 e. The highest BCUT2D eigenvalue weighted by atomic mass is 16.4. The molecule has 0 aliphatic heterocycles. The number of hydrogen-bond acceptors (Lipinski definition) is 9. The molecule has 2 aromatic heterocycles. The van der Waals surface area contributed by atoms with Crippen molar-refractivity contribution in [1.82, 2.24) is 15.3 Å². The molecule has 1 amide bonds. The van der Waals surface area contributed by atoms with Gasteiger partial charge in [-0.1, -0.05) is 42.5 Å². The number of aliphatic hydroxyl groups excluding tert-OH is 2. The highest BCUT2D eigenvalue weighted by Gasteiger charge is 2.19. The lowest BCUT2D eigenvalue weighted by Crippen LogP contribution is -2.36. The van der Waals surface area contributed by atoms with Crippen LogP contribution >= 0.6 is 0 Å². The lowest BCUT2D eigenvalue weighted by molar-refractivity contribution is -0.142. The third kappa shape index (κ3) is 9.88. The van der Waals surface area contributed by atoms with Crippen LogP contribution < -0.4 is 10.6 Å². The third-order valence-corrected chi connectivity index (χ3v) is 8.71. The van der Waals surface area contributed by atoms with Crippen LogP contribution in [0.4, 0.5) is 5.69 Å². The van der Waals surface area contributed by atoms with Crippen molar-refractivity contribution < 1.29 is 39.6 Å². The van der Waals surface area contributed by atoms with Crippen molar-refractivity contribution in [2.45, 2.75) is 58.5 Å². The highest BCUT2D eigenvalue weighted by molar-refractivity contribution is 6.04. The molecule has 0 saturated carbocycles. The summed E-state index contributed by atoms with van der Waals surface area (Å²) in [5.41, 5.74) is 7.00. The number of aryl methyl sites for hydroxylation is 1. The van der Waals surface area contributed by atoms with Gasteiger partial charge in [-0.05, 0) is 96.7 Å². The number of carboxylic acid groups (broad SMARTS) is 2. The first-order valence-electron chi connectivity index (χ1n) is 16.4. The van der Waals surface area contributed by atoms with Crippen molar-refractivity contribution in [3.63, 3.8) is 0 Å². The number of carboxylic acids is 2. The van der Waals surface area contributed by atoms with Crippen molar-refractivity contribution in [2.24, 2.45) is 5.92 Å². The first-order valence-corrected chi connectivity index (χ1v) is 16.4. The number of aliphatic carboxylic acids is 2. The summed E-state index contributed by atoms with van der Waals surface area (Å²) < 4.78 is 0. The first-order chi connectivity index (χ1) is 24.0. The minimum absolute atomic E-state index is 0.0798. The Kier molecular flexibility index (Phi) is 13.4. The second-order valence-corrected chi connectivity index (χ2v) is 12.1. The predicted molar refractivity (Wildman–Crippen MR) is 187 cm³/mol. The van der Waals surface area contributed by atoms with Gasteiger partial charge in [-0.2, -0.15) is 0 Å². The second kappa shape index (κ2) is 17.9. The normalized spacial score (nSPS) is 12.2. The Balaban J connectivity index is 1.42. The average molecular weight is 683 g/mol. The number of pyridine rings is 2. The zero-order valence-corrected chi connectivity index (χ0v) is 28.1. The summed E-state index contributed by atoms with van der Waals surface area (Å²) >= 11 is 0. The molecule has 0 aliphatic rings. The van der Waals surface area contributed by atoms with Crippen LogP contribution in [-0.4, -0.2) is 73.3 Å². The van der Waals surface area contributed by atoms with Gasteiger partial charge in [-0.25, -0.2) is 0 Å². The molecular weight excluding hydrogens is 640 g/mol. The molecular formula is C38H42N4O8. The van der Waals surface area contributed by atoms with Crippen molar-refractivity contribution in [3.05, 3.63) is 112 Å². The molecule has 50 heavy (non-hydrogen) atoms. The molecule has 2 atom stereocenters. The molecule has 0 unspecified atom stereocenters. The summed E-state index contributed by atoms with van der Waals surface area (Å²) in [6, 6.07) is 17.2. The molecule has 6 N–H and O–H groups in total. The zero-order valence-electron chi connectivity index (χ0n) is 28.1. The number of aromatic nitrogens is 2. The van der Waals surface area contributed by atoms with E-state index in [4.69, 9.17) is 10.2 Å². The minimum Gasteiger partial charge on any atom is -0.481 e. The number of carbonyl (C=O) groups is 4. The smallest absolute Gasteiger partial charge is 0.320 e. The number of amides is 1. The Labute approximate surface area is 290 Å². The predicted octanol–water partition coefficient (Wildman–Crippen LogP) is 4.38. The third-order valence-electron chi connectivity index (χ3n) is 8.71. The van der Waals surface area contributed by atoms with E-state index in [1.54, 1.807) is 36.5 Å². The minimum atomic E-state index is -1.05. The van der Waals surface area contributed by atoms with E-state index >= 15 is 0 Å². The maximum atomic E-state index is 13.2. The quantitative estimate of drug-likeness (QED) is 0.0814. The molecule has 12 heteroatoms. The lowest BCUT2D eigenvalue weighted by atomic mass is 9.91. The standard InChI is InChI=1S/C38H42N4O8/c1-23-28(19-35(45)32-13-11-26(21-39-32)22-41-34(16-18-44)38(49)50)5-3-6-29(23)30-7-4-8-31(24(30)2)42-36(46)33-14-10-25(20-40-33)9-12-27(15-17-43)37(47)48/h3-8,10-11,13-14,20-21,27,34,41,43-44H,9,12,15-19,22H2,1-2H3,(H,42,46)(H,47,48)(H,49,50)/t27-,34-/m1/s1. The Hall–Kier alpha value is -5.30. The molecule has 12 nitrogen and oxygen atoms in total. The number of nitrogens with one attached hydrogen (secondary N) is 2. The lowest BCUT2D eigenvalue weighted by Gasteiger charge is -2.16. The zero-order chi connectivity index (χ0) is 36.2. The van der Waals surface area contributed by atoms with Gasteiger partial charge in [-0.15, -0.1) is 0 Å². The van der Waals surface area contributed by atoms with Gasteiger partial charge in [0.05, 0.1) is 5.92 Å². The SMILES string of the molecule is Cc1c(CC(=O)c2ccc(CN[C@H](CCO)C(=O)O)cn2)cccc1-c1cccc(NC(=O)c2ccc(CC[C@H](CCO)C(=O)O)cn2)c1C. The van der Waals surface area contributed by atoms with E-state index in [0.29, 0.717) is 24.1 Å². The summed E-state index contributed by atoms with van der Waals surface area (Å²) in [6.07, 6.45) is 4.30. The molecule has 0 spiro atoms. The molecule has 0 bridgehead atoms. The van der Waals surface area contributed by atoms with Crippen LogP contribution in [0.5, 0.6) is 0 Å². The van der Waals surface area contributed by atoms with E-state index in [9.17, 15) is 29.4 Å². The van der Waals surface area contributed by atoms with Crippen LogP contribution in [0.15, 0.2) is 73.1 Å². The average Bonchev–Trinajstić information content (AvgIpc) is 3.10. The summed E-state index contributed by atoms with van der Waals surface area (Å²) in [5.74, 6) is -3.21. The van der Waals surface area contributed by atoms with Crippen molar-refractivity contribution in [3.8, 4) is 11.1 Å². The molecule has 0 saturated heterocycles. The fourth-order valence-electron chi connectivity index (χ4n) is 5.65. The monoisotopic (exact) mass is 682 g/mol. The van der Waals surface area contributed by atoms with E-state index in [1.807, 2.05) is 44.2 Å². The number of benzene rings is 2. The van der Waals surface area contributed by atoms with Gasteiger partial charge in [0.2, 0.25) is 0 Å². The van der Waals surface area contributed by atoms with Gasteiger partial charge < -0.3 is 31.1 Å². The fraction of sp³-hybridized carbons (Fsp3) is 0.316. The van der Waals surface area contributed by atoms with Gasteiger partial charge >= 0.3 is 11.9 Å². The first kappa shape index (κ1) is 37.5. The van der Waals surface area contributed by atoms with E-state index in [-0.39, 0.29) is 56.2 Å². The number of aliphatic hydroxyl groups is 2. The van der Waals surface area contributed by atoms with Crippen LogP contribution in [0.2, 0.25) is 0 Å². The Morgan fingerprint density at radius 3 is 1.98 bits per heavy atom. The van der Waals surface area contributed by atoms with Gasteiger partial charge in [0.1, 0.15) is 17.4 Å². The molecule has 262 valence electrons. The summed E-state index contributed by atoms with van der Waals surface area (Å²) in [4.78, 5) is 57.6. The van der Waals surface area contributed by atoms with Crippen LogP contribution in [0.1, 0.15) is 68.1 Å². The van der Waals surface area contributed by atoms with Crippen molar-refractivity contribution in [2.75, 3.05) is 18.5 Å². The van der Waals surface area contributed by atoms with Crippen molar-refractivity contribution in [1.29, 1.82) is 0 Å². The highest BCUT2D eigenvalue weighted by Crippen LogP contribution is 2.32. The molecule has 0 fully saturated rings. The van der Waals surface area contributed by atoms with E-state index in [2.05, 4.69) is 20.6 Å². The second-order valence-electron chi connectivity index (χ2n) is 12.1. The molecule has 2 heterocycles. The number of hydrogen-bond donors (Lipinski definition) is 6. The Bertz CT molecular complexity index is 1680. The fourth-order valence-corrected chi connectivity index (χ4v) is 5.65. The molecule has 0 radical (unpaired) electrons. The van der Waals surface area contributed by atoms with Gasteiger partial charge in [-0.3, -0.25) is 29.1 Å². The topological polar surface area (TPSA) is 199 Å². The van der Waals surface area contributed by atoms with Crippen LogP contribution in [-0.2, 0) is 29.0 Å². The molecule has 0 aliphatic carbocycles. The van der Waals surface area contributed by atoms with E-state index in [1.165, 1.54) is 6.20 Å². The van der Waals surface area contributed by atoms with E-state index in [0.717, 1.165) is 33.4 Å². The molecule has 4 aromatic rings. The number of ketones is 1. The van der Waals surface area contributed by atoms with Crippen LogP contribution in [0.25, 0.3) is 11.1 Å². The number of Topliss-reactive ketones (excluding diaryl/α,β-unsaturated/α-hetero) is 1. The van der Waals surface area contributed by atoms with Crippen LogP contribution in [0, 0.1) is 19.8 Å². The van der Waals surface area contributed by atoms with Crippen LogP contribution in [0.3, 0.4) is 0 Å². The number of carbonyl (C=O) groups excluding carboxylic acids is 2. The maximum absolute atomic E-state index is 13.2. The van der Waals surface area contributed by atoms with Gasteiger partial charge in [0, 0.05) is 44.3 Å². The summed E-state index contributed by atoms with van der Waals surface area (Å²) in [7, 11) is 0. The van der Waals surface area contributed by atoms with Gasteiger partial charge in [0.25, 0.3) is 5.91 Å². The number of anilines is 1. The number of nitrogens with zero attached hydrogens (tertiary/aromatic N) is 2. The molecule has 4 rings (SSSR count). The summed E-state index contributed by atoms with van der Waals surface area (Å²) in [5, 5.41) is 42.5. The summed E-state index contributed by atoms with van der Waals surface area (Å²) in [6.45, 7) is 3.64.